The van der Waals surface area contributed by atoms with Gasteiger partial charge in [-0.15, -0.1) is 12.4 Å². The fourth-order valence-electron chi connectivity index (χ4n) is 1.16. The lowest BCUT2D eigenvalue weighted by molar-refractivity contribution is 0.146. The first-order chi connectivity index (χ1) is 6.86. The first kappa shape index (κ1) is 14.2. The second kappa shape index (κ2) is 8.53. The van der Waals surface area contributed by atoms with Crippen LogP contribution in [0.4, 0.5) is 0 Å². The van der Waals surface area contributed by atoms with Crippen LogP contribution in [0, 0.1) is 0 Å². The molecule has 0 radical (unpaired) electrons. The molecule has 1 aromatic carbocycles. The van der Waals surface area contributed by atoms with Gasteiger partial charge in [0.25, 0.3) is 0 Å². The predicted molar refractivity (Wildman–Crippen MR) is 63.8 cm³/mol. The molecule has 2 N–H and O–H groups in total. The Kier molecular flexibility index (Phi) is 8.09. The number of halogens is 1. The van der Waals surface area contributed by atoms with Crippen molar-refractivity contribution in [3.8, 4) is 5.75 Å². The summed E-state index contributed by atoms with van der Waals surface area (Å²) < 4.78 is 10.3. The number of nitrogens with two attached hydrogens (primary N) is 1. The average Bonchev–Trinajstić information content (AvgIpc) is 2.21. The standard InChI is InChI=1S/C11H17NO2.ClH/c1-13-8-9-14-11-4-2-10(3-5-11)6-7-12;/h2-5H,6-9,12H2,1H3;1H. The molecular weight excluding hydrogens is 214 g/mol. The van der Waals surface area contributed by atoms with Crippen molar-refractivity contribution in [2.75, 3.05) is 26.9 Å². The van der Waals surface area contributed by atoms with Crippen LogP contribution in [0.1, 0.15) is 5.56 Å². The molecule has 0 saturated carbocycles. The lowest BCUT2D eigenvalue weighted by Crippen LogP contribution is -2.05. The Morgan fingerprint density at radius 3 is 2.33 bits per heavy atom. The molecule has 0 spiro atoms. The zero-order valence-corrected chi connectivity index (χ0v) is 9.76. The molecule has 4 heteroatoms. The van der Waals surface area contributed by atoms with Gasteiger partial charge in [0.2, 0.25) is 0 Å². The zero-order valence-electron chi connectivity index (χ0n) is 8.94. The normalized spacial score (nSPS) is 9.47. The molecule has 0 bridgehead atoms. The Hall–Kier alpha value is -0.770. The summed E-state index contributed by atoms with van der Waals surface area (Å²) in [5.74, 6) is 0.878. The third-order valence-corrected chi connectivity index (χ3v) is 1.91. The van der Waals surface area contributed by atoms with E-state index in [0.29, 0.717) is 19.8 Å². The molecule has 0 fully saturated rings. The van der Waals surface area contributed by atoms with Gasteiger partial charge in [0.05, 0.1) is 6.61 Å². The number of benzene rings is 1. The highest BCUT2D eigenvalue weighted by molar-refractivity contribution is 5.85. The Morgan fingerprint density at radius 2 is 1.80 bits per heavy atom. The smallest absolute Gasteiger partial charge is 0.119 e. The summed E-state index contributed by atoms with van der Waals surface area (Å²) in [6.45, 7) is 1.89. The van der Waals surface area contributed by atoms with E-state index in [-0.39, 0.29) is 12.4 Å². The molecule has 86 valence electrons. The highest BCUT2D eigenvalue weighted by Gasteiger charge is 1.94. The molecule has 0 amide bonds. The molecule has 1 aromatic rings. The molecule has 0 unspecified atom stereocenters. The van der Waals surface area contributed by atoms with Crippen LogP contribution in [0.5, 0.6) is 5.75 Å². The van der Waals surface area contributed by atoms with Gasteiger partial charge < -0.3 is 15.2 Å². The third-order valence-electron chi connectivity index (χ3n) is 1.91. The van der Waals surface area contributed by atoms with Gasteiger partial charge in [-0.1, -0.05) is 12.1 Å². The first-order valence-corrected chi connectivity index (χ1v) is 4.77. The average molecular weight is 232 g/mol. The molecule has 0 atom stereocenters. The van der Waals surface area contributed by atoms with Crippen LogP contribution >= 0.6 is 12.4 Å². The highest BCUT2D eigenvalue weighted by Crippen LogP contribution is 2.11. The molecule has 0 aliphatic rings. The van der Waals surface area contributed by atoms with Crippen LogP contribution in [0.3, 0.4) is 0 Å². The summed E-state index contributed by atoms with van der Waals surface area (Å²) in [5.41, 5.74) is 6.69. The lowest BCUT2D eigenvalue weighted by Gasteiger charge is -2.05. The minimum atomic E-state index is 0. The van der Waals surface area contributed by atoms with Crippen LogP contribution in [0.15, 0.2) is 24.3 Å². The molecule has 1 rings (SSSR count). The Labute approximate surface area is 97.0 Å². The summed E-state index contributed by atoms with van der Waals surface area (Å²) in [5, 5.41) is 0. The van der Waals surface area contributed by atoms with E-state index in [4.69, 9.17) is 15.2 Å². The molecule has 15 heavy (non-hydrogen) atoms. The van der Waals surface area contributed by atoms with Crippen molar-refractivity contribution in [3.05, 3.63) is 29.8 Å². The highest BCUT2D eigenvalue weighted by atomic mass is 35.5. The third kappa shape index (κ3) is 5.62. The number of hydrogen-bond donors (Lipinski definition) is 1. The molecule has 3 nitrogen and oxygen atoms in total. The van der Waals surface area contributed by atoms with E-state index in [9.17, 15) is 0 Å². The van der Waals surface area contributed by atoms with Gasteiger partial charge in [-0.3, -0.25) is 0 Å². The monoisotopic (exact) mass is 231 g/mol. The van der Waals surface area contributed by atoms with Gasteiger partial charge >= 0.3 is 0 Å². The summed E-state index contributed by atoms with van der Waals surface area (Å²) >= 11 is 0. The molecule has 0 saturated heterocycles. The van der Waals surface area contributed by atoms with Crippen molar-refractivity contribution in [2.45, 2.75) is 6.42 Å². The topological polar surface area (TPSA) is 44.5 Å². The maximum Gasteiger partial charge on any atom is 0.119 e. The zero-order chi connectivity index (χ0) is 10.2. The quantitative estimate of drug-likeness (QED) is 0.757. The largest absolute Gasteiger partial charge is 0.491 e. The summed E-state index contributed by atoms with van der Waals surface area (Å²) in [7, 11) is 1.66. The van der Waals surface area contributed by atoms with Crippen molar-refractivity contribution in [2.24, 2.45) is 5.73 Å². The number of hydrogen-bond acceptors (Lipinski definition) is 3. The molecular formula is C11H18ClNO2. The van der Waals surface area contributed by atoms with Crippen LogP contribution in [0.2, 0.25) is 0 Å². The predicted octanol–water partition coefficient (Wildman–Crippen LogP) is 1.63. The van der Waals surface area contributed by atoms with E-state index >= 15 is 0 Å². The fourth-order valence-corrected chi connectivity index (χ4v) is 1.16. The summed E-state index contributed by atoms with van der Waals surface area (Å²) in [6, 6.07) is 7.99. The summed E-state index contributed by atoms with van der Waals surface area (Å²) in [4.78, 5) is 0. The summed E-state index contributed by atoms with van der Waals surface area (Å²) in [6.07, 6.45) is 0.915. The minimum Gasteiger partial charge on any atom is -0.491 e. The van der Waals surface area contributed by atoms with E-state index in [1.165, 1.54) is 5.56 Å². The van der Waals surface area contributed by atoms with E-state index < -0.39 is 0 Å². The van der Waals surface area contributed by atoms with Crippen LogP contribution < -0.4 is 10.5 Å². The van der Waals surface area contributed by atoms with Crippen molar-refractivity contribution < 1.29 is 9.47 Å². The van der Waals surface area contributed by atoms with Crippen LogP contribution in [0.25, 0.3) is 0 Å². The lowest BCUT2D eigenvalue weighted by atomic mass is 10.1. The SMILES string of the molecule is COCCOc1ccc(CCN)cc1.Cl. The second-order valence-electron chi connectivity index (χ2n) is 3.02. The fraction of sp³-hybridized carbons (Fsp3) is 0.455. The molecule has 0 aromatic heterocycles. The van der Waals surface area contributed by atoms with Crippen LogP contribution in [-0.2, 0) is 11.2 Å². The number of methoxy groups -OCH3 is 1. The molecule has 0 aliphatic heterocycles. The van der Waals surface area contributed by atoms with Crippen LogP contribution in [-0.4, -0.2) is 26.9 Å². The van der Waals surface area contributed by atoms with Crippen molar-refractivity contribution in [3.63, 3.8) is 0 Å². The van der Waals surface area contributed by atoms with E-state index in [1.54, 1.807) is 7.11 Å². The van der Waals surface area contributed by atoms with Gasteiger partial charge in [-0.25, -0.2) is 0 Å². The van der Waals surface area contributed by atoms with E-state index in [0.717, 1.165) is 12.2 Å². The van der Waals surface area contributed by atoms with E-state index in [2.05, 4.69) is 0 Å². The van der Waals surface area contributed by atoms with Gasteiger partial charge in [0.15, 0.2) is 0 Å². The van der Waals surface area contributed by atoms with Crippen molar-refractivity contribution in [1.29, 1.82) is 0 Å². The Balaban J connectivity index is 0.00000196. The number of ether oxygens (including phenoxy) is 2. The minimum absolute atomic E-state index is 0. The van der Waals surface area contributed by atoms with Gasteiger partial charge in [0, 0.05) is 7.11 Å². The second-order valence-corrected chi connectivity index (χ2v) is 3.02. The van der Waals surface area contributed by atoms with Gasteiger partial charge in [-0.2, -0.15) is 0 Å². The van der Waals surface area contributed by atoms with Crippen molar-refractivity contribution in [1.82, 2.24) is 0 Å². The maximum absolute atomic E-state index is 5.45. The van der Waals surface area contributed by atoms with Crippen molar-refractivity contribution >= 4 is 12.4 Å². The van der Waals surface area contributed by atoms with E-state index in [1.807, 2.05) is 24.3 Å². The molecule has 0 aliphatic carbocycles. The molecule has 0 heterocycles. The van der Waals surface area contributed by atoms with Gasteiger partial charge in [0.1, 0.15) is 12.4 Å². The Morgan fingerprint density at radius 1 is 1.13 bits per heavy atom. The van der Waals surface area contributed by atoms with Gasteiger partial charge in [-0.05, 0) is 30.7 Å². The number of rotatable bonds is 6. The maximum atomic E-state index is 5.45. The first-order valence-electron chi connectivity index (χ1n) is 4.77. The Bertz CT molecular complexity index is 251.